The molecule has 1 fully saturated rings. The number of piperidine rings is 1. The third-order valence-corrected chi connectivity index (χ3v) is 7.84. The Balaban J connectivity index is 1.48. The molecule has 0 saturated carbocycles. The summed E-state index contributed by atoms with van der Waals surface area (Å²) in [6, 6.07) is 16.9. The molecule has 1 saturated heterocycles. The lowest BCUT2D eigenvalue weighted by molar-refractivity contribution is 0.0892. The number of rotatable bonds is 7. The van der Waals surface area contributed by atoms with Crippen LogP contribution in [0.4, 0.5) is 0 Å². The fourth-order valence-electron chi connectivity index (χ4n) is 4.07. The van der Waals surface area contributed by atoms with Gasteiger partial charge in [-0.05, 0) is 74.8 Å². The molecule has 0 aliphatic carbocycles. The standard InChI is InChI=1S/C25H27ClN2O4S/c1-18-5-7-19(8-6-18)22(28-15-3-2-4-16-28)17-27-25(29)23-13-14-24(32-23)33(30,31)21-11-9-20(26)10-12-21/h5-14,22H,2-4,15-17H2,1H3,(H,27,29). The lowest BCUT2D eigenvalue weighted by Crippen LogP contribution is -2.40. The van der Waals surface area contributed by atoms with Crippen molar-refractivity contribution in [2.45, 2.75) is 42.2 Å². The molecule has 1 atom stereocenters. The first kappa shape index (κ1) is 23.5. The molecule has 6 nitrogen and oxygen atoms in total. The highest BCUT2D eigenvalue weighted by Gasteiger charge is 2.26. The van der Waals surface area contributed by atoms with Gasteiger partial charge in [-0.2, -0.15) is 0 Å². The zero-order chi connectivity index (χ0) is 23.4. The van der Waals surface area contributed by atoms with Crippen LogP contribution in [-0.4, -0.2) is 38.9 Å². The Morgan fingerprint density at radius 1 is 1.00 bits per heavy atom. The number of carbonyl (C=O) groups is 1. The van der Waals surface area contributed by atoms with Crippen molar-refractivity contribution in [3.63, 3.8) is 0 Å². The van der Waals surface area contributed by atoms with Gasteiger partial charge in [0.2, 0.25) is 14.9 Å². The van der Waals surface area contributed by atoms with Crippen LogP contribution >= 0.6 is 11.6 Å². The van der Waals surface area contributed by atoms with Crippen LogP contribution < -0.4 is 5.32 Å². The monoisotopic (exact) mass is 486 g/mol. The number of amides is 1. The SMILES string of the molecule is Cc1ccc(C(CNC(=O)c2ccc(S(=O)(=O)c3ccc(Cl)cc3)o2)N2CCCCC2)cc1. The van der Waals surface area contributed by atoms with Crippen LogP contribution in [0.3, 0.4) is 0 Å². The minimum Gasteiger partial charge on any atom is -0.439 e. The lowest BCUT2D eigenvalue weighted by Gasteiger charge is -2.35. The van der Waals surface area contributed by atoms with Crippen molar-refractivity contribution in [3.8, 4) is 0 Å². The van der Waals surface area contributed by atoms with Crippen LogP contribution in [0, 0.1) is 6.92 Å². The summed E-state index contributed by atoms with van der Waals surface area (Å²) < 4.78 is 31.0. The summed E-state index contributed by atoms with van der Waals surface area (Å²) in [5.41, 5.74) is 2.33. The predicted molar refractivity (Wildman–Crippen MR) is 127 cm³/mol. The minimum absolute atomic E-state index is 0.0381. The molecule has 1 aliphatic rings. The third kappa shape index (κ3) is 5.49. The highest BCUT2D eigenvalue weighted by Crippen LogP contribution is 2.26. The zero-order valence-electron chi connectivity index (χ0n) is 18.5. The van der Waals surface area contributed by atoms with E-state index in [9.17, 15) is 13.2 Å². The molecule has 8 heteroatoms. The van der Waals surface area contributed by atoms with Crippen molar-refractivity contribution >= 4 is 27.3 Å². The van der Waals surface area contributed by atoms with Gasteiger partial charge in [-0.15, -0.1) is 0 Å². The molecule has 1 N–H and O–H groups in total. The number of hydrogen-bond donors (Lipinski definition) is 1. The molecule has 3 aromatic rings. The van der Waals surface area contributed by atoms with E-state index in [4.69, 9.17) is 16.0 Å². The fraction of sp³-hybridized carbons (Fsp3) is 0.320. The van der Waals surface area contributed by atoms with E-state index in [1.54, 1.807) is 0 Å². The average Bonchev–Trinajstić information content (AvgIpc) is 3.33. The number of sulfone groups is 1. The van der Waals surface area contributed by atoms with Gasteiger partial charge in [-0.3, -0.25) is 9.69 Å². The van der Waals surface area contributed by atoms with E-state index in [0.717, 1.165) is 31.5 Å². The highest BCUT2D eigenvalue weighted by molar-refractivity contribution is 7.91. The lowest BCUT2D eigenvalue weighted by atomic mass is 10.0. The van der Waals surface area contributed by atoms with Crippen molar-refractivity contribution in [1.29, 1.82) is 0 Å². The topological polar surface area (TPSA) is 79.6 Å². The maximum Gasteiger partial charge on any atom is 0.287 e. The maximum absolute atomic E-state index is 12.8. The van der Waals surface area contributed by atoms with Crippen molar-refractivity contribution in [2.75, 3.05) is 19.6 Å². The Morgan fingerprint density at radius 2 is 1.67 bits per heavy atom. The number of nitrogens with zero attached hydrogens (tertiary/aromatic N) is 1. The molecule has 1 aromatic heterocycles. The molecule has 0 bridgehead atoms. The largest absolute Gasteiger partial charge is 0.439 e. The molecule has 0 spiro atoms. The highest BCUT2D eigenvalue weighted by atomic mass is 35.5. The summed E-state index contributed by atoms with van der Waals surface area (Å²) in [6.45, 7) is 4.42. The van der Waals surface area contributed by atoms with E-state index >= 15 is 0 Å². The summed E-state index contributed by atoms with van der Waals surface area (Å²) in [7, 11) is -3.88. The van der Waals surface area contributed by atoms with Crippen molar-refractivity contribution in [2.24, 2.45) is 0 Å². The molecule has 33 heavy (non-hydrogen) atoms. The number of likely N-dealkylation sites (tertiary alicyclic amines) is 1. The first-order valence-corrected chi connectivity index (χ1v) is 12.9. The number of halogens is 1. The molecule has 1 unspecified atom stereocenters. The predicted octanol–water partition coefficient (Wildman–Crippen LogP) is 5.03. The van der Waals surface area contributed by atoms with E-state index in [1.165, 1.54) is 48.4 Å². The molecular formula is C25H27ClN2O4S. The summed E-state index contributed by atoms with van der Waals surface area (Å²) >= 11 is 5.85. The number of furan rings is 1. The second kappa shape index (κ2) is 10.1. The van der Waals surface area contributed by atoms with E-state index in [2.05, 4.69) is 34.5 Å². The number of benzene rings is 2. The zero-order valence-corrected chi connectivity index (χ0v) is 20.0. The first-order chi connectivity index (χ1) is 15.8. The van der Waals surface area contributed by atoms with Crippen LogP contribution in [-0.2, 0) is 9.84 Å². The second-order valence-corrected chi connectivity index (χ2v) is 10.6. The normalized spacial score (nSPS) is 15.8. The third-order valence-electron chi connectivity index (χ3n) is 5.94. The smallest absolute Gasteiger partial charge is 0.287 e. The molecule has 0 radical (unpaired) electrons. The summed E-state index contributed by atoms with van der Waals surface area (Å²) in [5.74, 6) is -0.481. The molecule has 2 heterocycles. The Kier molecular flexibility index (Phi) is 7.22. The summed E-state index contributed by atoms with van der Waals surface area (Å²) in [6.07, 6.45) is 3.50. The van der Waals surface area contributed by atoms with Crippen molar-refractivity contribution in [1.82, 2.24) is 10.2 Å². The van der Waals surface area contributed by atoms with Gasteiger partial charge in [0.25, 0.3) is 5.91 Å². The molecule has 2 aromatic carbocycles. The molecule has 1 aliphatic heterocycles. The van der Waals surface area contributed by atoms with Crippen LogP contribution in [0.15, 0.2) is 75.1 Å². The Morgan fingerprint density at radius 3 is 2.33 bits per heavy atom. The van der Waals surface area contributed by atoms with E-state index < -0.39 is 15.7 Å². The number of hydrogen-bond acceptors (Lipinski definition) is 5. The van der Waals surface area contributed by atoms with Gasteiger partial charge < -0.3 is 9.73 Å². The summed E-state index contributed by atoms with van der Waals surface area (Å²) in [4.78, 5) is 15.3. The molecular weight excluding hydrogens is 460 g/mol. The Labute approximate surface area is 199 Å². The molecule has 1 amide bonds. The van der Waals surface area contributed by atoms with Crippen molar-refractivity contribution < 1.29 is 17.6 Å². The number of nitrogens with one attached hydrogen (secondary N) is 1. The van der Waals surface area contributed by atoms with Crippen LogP contribution in [0.1, 0.15) is 47.0 Å². The van der Waals surface area contributed by atoms with E-state index in [-0.39, 0.29) is 21.8 Å². The number of aryl methyl sites for hydroxylation is 1. The quantitative estimate of drug-likeness (QED) is 0.506. The first-order valence-electron chi connectivity index (χ1n) is 11.0. The second-order valence-electron chi connectivity index (χ2n) is 8.31. The molecule has 4 rings (SSSR count). The van der Waals surface area contributed by atoms with E-state index in [1.807, 2.05) is 6.92 Å². The van der Waals surface area contributed by atoms with Crippen molar-refractivity contribution in [3.05, 3.63) is 82.6 Å². The average molecular weight is 487 g/mol. The fourth-order valence-corrected chi connectivity index (χ4v) is 5.37. The molecule has 174 valence electrons. The van der Waals surface area contributed by atoms with Gasteiger partial charge in [0, 0.05) is 11.6 Å². The maximum atomic E-state index is 12.8. The summed E-state index contributed by atoms with van der Waals surface area (Å²) in [5, 5.41) is 3.09. The van der Waals surface area contributed by atoms with Gasteiger partial charge >= 0.3 is 0 Å². The van der Waals surface area contributed by atoms with Crippen LogP contribution in [0.5, 0.6) is 0 Å². The van der Waals surface area contributed by atoms with Crippen LogP contribution in [0.25, 0.3) is 0 Å². The van der Waals surface area contributed by atoms with Gasteiger partial charge in [-0.25, -0.2) is 8.42 Å². The van der Waals surface area contributed by atoms with E-state index in [0.29, 0.717) is 11.6 Å². The number of carbonyl (C=O) groups excluding carboxylic acids is 1. The van der Waals surface area contributed by atoms with Gasteiger partial charge in [-0.1, -0.05) is 47.9 Å². The Bertz CT molecular complexity index is 1200. The van der Waals surface area contributed by atoms with Crippen LogP contribution in [0.2, 0.25) is 5.02 Å². The minimum atomic E-state index is -3.88. The Hall–Kier alpha value is -2.61. The van der Waals surface area contributed by atoms with Gasteiger partial charge in [0.1, 0.15) is 0 Å². The van der Waals surface area contributed by atoms with Gasteiger partial charge in [0.15, 0.2) is 5.76 Å². The van der Waals surface area contributed by atoms with Gasteiger partial charge in [0.05, 0.1) is 10.9 Å².